The molecule has 0 aliphatic carbocycles. The first-order chi connectivity index (χ1) is 46.5. The van der Waals surface area contributed by atoms with E-state index in [2.05, 4.69) is 279 Å². The van der Waals surface area contributed by atoms with E-state index in [1.54, 1.807) is 22.7 Å². The first-order valence-electron chi connectivity index (χ1n) is 31.4. The lowest BCUT2D eigenvalue weighted by Crippen LogP contribution is -1.97. The Morgan fingerprint density at radius 2 is 0.691 bits per heavy atom. The molecule has 12 aromatic carbocycles. The van der Waals surface area contributed by atoms with Crippen LogP contribution in [0.1, 0.15) is 0 Å². The molecule has 0 radical (unpaired) electrons. The van der Waals surface area contributed by atoms with Gasteiger partial charge in [-0.25, -0.2) is 24.9 Å². The van der Waals surface area contributed by atoms with Crippen LogP contribution in [0.5, 0.6) is 0 Å². The lowest BCUT2D eigenvalue weighted by Gasteiger charge is -2.14. The summed E-state index contributed by atoms with van der Waals surface area (Å²) in [5.74, 6) is 1.29. The van der Waals surface area contributed by atoms with Gasteiger partial charge in [0.2, 0.25) is 0 Å². The fourth-order valence-electron chi connectivity index (χ4n) is 13.2. The van der Waals surface area contributed by atoms with Crippen molar-refractivity contribution in [2.45, 2.75) is 0 Å². The van der Waals surface area contributed by atoms with Crippen LogP contribution in [0.15, 0.2) is 316 Å². The van der Waals surface area contributed by atoms with Crippen LogP contribution in [0.4, 0.5) is 0 Å². The summed E-state index contributed by atoms with van der Waals surface area (Å²) < 4.78 is 3.56. The quantitative estimate of drug-likeness (QED) is 0.128. The van der Waals surface area contributed by atoms with Crippen molar-refractivity contribution in [3.63, 3.8) is 0 Å². The number of aromatic nitrogens is 6. The predicted molar refractivity (Wildman–Crippen MR) is 394 cm³/mol. The van der Waals surface area contributed by atoms with Crippen molar-refractivity contribution < 1.29 is 0 Å². The van der Waals surface area contributed by atoms with Gasteiger partial charge in [0.1, 0.15) is 4.83 Å². The normalized spacial score (nSPS) is 11.6. The second-order valence-electron chi connectivity index (χ2n) is 23.8. The highest BCUT2D eigenvalue weighted by Crippen LogP contribution is 2.43. The predicted octanol–water partition coefficient (Wildman–Crippen LogP) is 23.4. The second kappa shape index (κ2) is 23.1. The third kappa shape index (κ3) is 10.2. The van der Waals surface area contributed by atoms with Gasteiger partial charge in [-0.3, -0.25) is 4.98 Å². The summed E-state index contributed by atoms with van der Waals surface area (Å²) in [5.41, 5.74) is 21.1. The Morgan fingerprint density at radius 1 is 0.223 bits per heavy atom. The summed E-state index contributed by atoms with van der Waals surface area (Å²) >= 11 is 3.50. The molecule has 6 heterocycles. The molecule has 0 aliphatic rings. The van der Waals surface area contributed by atoms with Gasteiger partial charge in [-0.15, -0.1) is 22.7 Å². The van der Waals surface area contributed by atoms with Crippen molar-refractivity contribution in [2.75, 3.05) is 0 Å². The third-order valence-electron chi connectivity index (χ3n) is 17.9. The fourth-order valence-corrected chi connectivity index (χ4v) is 15.3. The maximum atomic E-state index is 5.54. The van der Waals surface area contributed by atoms with Crippen molar-refractivity contribution in [3.05, 3.63) is 316 Å². The molecule has 8 heteroatoms. The minimum atomic E-state index is 0.642. The van der Waals surface area contributed by atoms with Gasteiger partial charge in [0.05, 0.1) is 33.0 Å². The molecule has 0 unspecified atom stereocenters. The SMILES string of the molecule is c1ccc(-c2cc(-c3ccccc3)nc(-c3cc(-c4ccc5ccccc5c4)cc(-c4cnc5sc6ccc(-c7cccc(-c8cc(-c9ccccc9)nc(-c9cc(-c%10ccc%11sc%12cccnc%12c%11c%10)cc(-c%10cccc%11ccccc%10%11)c9)n8)c7)cc6c5c4)c3)n2)cc1. The number of benzene rings is 12. The molecule has 0 bridgehead atoms. The van der Waals surface area contributed by atoms with Crippen LogP contribution in [-0.2, 0) is 0 Å². The van der Waals surface area contributed by atoms with Crippen LogP contribution in [0.3, 0.4) is 0 Å². The van der Waals surface area contributed by atoms with E-state index in [0.29, 0.717) is 11.6 Å². The second-order valence-corrected chi connectivity index (χ2v) is 26.0. The summed E-state index contributed by atoms with van der Waals surface area (Å²) in [4.78, 5) is 32.6. The minimum Gasteiger partial charge on any atom is -0.255 e. The smallest absolute Gasteiger partial charge is 0.160 e. The van der Waals surface area contributed by atoms with E-state index in [4.69, 9.17) is 29.9 Å². The van der Waals surface area contributed by atoms with Gasteiger partial charge >= 0.3 is 0 Å². The van der Waals surface area contributed by atoms with Crippen LogP contribution in [-0.4, -0.2) is 29.9 Å². The number of fused-ring (bicyclic) bond motifs is 8. The highest BCUT2D eigenvalue weighted by Gasteiger charge is 2.20. The molecule has 0 saturated carbocycles. The molecule has 6 nitrogen and oxygen atoms in total. The molecule has 0 atom stereocenters. The standard InChI is InChI=1S/C86H52N6S2/c1-4-19-55(20-5-1)76-50-77(56-21-6-2-7-22-56)90-84(89-76)68-43-64(60-33-32-53-17-10-11-25-58(53)39-60)41-66(45-68)70-49-74-73-47-61(34-36-80(73)94-86(74)88-52-70)59-27-14-28-63(40-59)79-51-78(57-23-8-3-9-24-57)91-85(92-79)69-44-65(42-67(46-69)72-30-15-26-54-18-12-13-29-71(54)72)62-35-37-81-75(48-62)83-82(93-81)31-16-38-87-83/h1-52H. The molecule has 6 aromatic heterocycles. The zero-order valence-corrected chi connectivity index (χ0v) is 52.2. The molecule has 0 amide bonds. The van der Waals surface area contributed by atoms with E-state index in [1.807, 2.05) is 36.7 Å². The lowest BCUT2D eigenvalue weighted by atomic mass is 9.92. The zero-order valence-electron chi connectivity index (χ0n) is 50.5. The maximum absolute atomic E-state index is 5.54. The van der Waals surface area contributed by atoms with Gasteiger partial charge in [0.15, 0.2) is 11.6 Å². The molecule has 0 N–H and O–H groups in total. The van der Waals surface area contributed by atoms with E-state index in [-0.39, 0.29) is 0 Å². The largest absolute Gasteiger partial charge is 0.255 e. The Hall–Kier alpha value is -11.9. The van der Waals surface area contributed by atoms with Gasteiger partial charge < -0.3 is 0 Å². The van der Waals surface area contributed by atoms with Crippen molar-refractivity contribution >= 4 is 84.8 Å². The van der Waals surface area contributed by atoms with E-state index < -0.39 is 0 Å². The Bertz CT molecular complexity index is 5940. The van der Waals surface area contributed by atoms with Crippen molar-refractivity contribution in [2.24, 2.45) is 0 Å². The van der Waals surface area contributed by atoms with E-state index in [1.165, 1.54) is 35.6 Å². The molecular weight excluding hydrogens is 1180 g/mol. The maximum Gasteiger partial charge on any atom is 0.160 e. The monoisotopic (exact) mass is 1230 g/mol. The number of hydrogen-bond acceptors (Lipinski definition) is 8. The Kier molecular flexibility index (Phi) is 13.5. The van der Waals surface area contributed by atoms with E-state index in [9.17, 15) is 0 Å². The lowest BCUT2D eigenvalue weighted by molar-refractivity contribution is 1.18. The van der Waals surface area contributed by atoms with Crippen molar-refractivity contribution in [1.82, 2.24) is 29.9 Å². The first-order valence-corrected chi connectivity index (χ1v) is 33.1. The first kappa shape index (κ1) is 54.9. The van der Waals surface area contributed by atoms with Crippen LogP contribution in [0.25, 0.3) is 186 Å². The Balaban J connectivity index is 0.754. The summed E-state index contributed by atoms with van der Waals surface area (Å²) in [6.45, 7) is 0. The number of pyridine rings is 2. The van der Waals surface area contributed by atoms with Gasteiger partial charge in [0.25, 0.3) is 0 Å². The van der Waals surface area contributed by atoms with Crippen LogP contribution >= 0.6 is 22.7 Å². The highest BCUT2D eigenvalue weighted by molar-refractivity contribution is 7.26. The molecule has 438 valence electrons. The summed E-state index contributed by atoms with van der Waals surface area (Å²) in [5, 5.41) is 8.14. The number of thiophene rings is 2. The average Bonchev–Trinajstić information content (AvgIpc) is 1.43. The van der Waals surface area contributed by atoms with Gasteiger partial charge in [-0.05, 0) is 175 Å². The molecule has 18 rings (SSSR count). The molecule has 0 spiro atoms. The molecule has 18 aromatic rings. The summed E-state index contributed by atoms with van der Waals surface area (Å²) in [6.07, 6.45) is 3.90. The molecular formula is C86H52N6S2. The highest BCUT2D eigenvalue weighted by atomic mass is 32.1. The van der Waals surface area contributed by atoms with Crippen molar-refractivity contribution in [1.29, 1.82) is 0 Å². The van der Waals surface area contributed by atoms with Crippen LogP contribution < -0.4 is 0 Å². The van der Waals surface area contributed by atoms with Crippen LogP contribution in [0.2, 0.25) is 0 Å². The van der Waals surface area contributed by atoms with Gasteiger partial charge in [-0.2, -0.15) is 0 Å². The van der Waals surface area contributed by atoms with Crippen molar-refractivity contribution in [3.8, 4) is 123 Å². The fraction of sp³-hybridized carbons (Fsp3) is 0. The summed E-state index contributed by atoms with van der Waals surface area (Å²) in [6, 6.07) is 108. The average molecular weight is 1230 g/mol. The molecule has 0 fully saturated rings. The van der Waals surface area contributed by atoms with Crippen LogP contribution in [0, 0.1) is 0 Å². The van der Waals surface area contributed by atoms with E-state index >= 15 is 0 Å². The zero-order chi connectivity index (χ0) is 62.1. The number of nitrogens with zero attached hydrogens (tertiary/aromatic N) is 6. The van der Waals surface area contributed by atoms with Gasteiger partial charge in [0, 0.05) is 76.9 Å². The Labute approximate surface area is 550 Å². The number of rotatable bonds is 11. The topological polar surface area (TPSA) is 77.3 Å². The Morgan fingerprint density at radius 3 is 1.38 bits per heavy atom. The summed E-state index contributed by atoms with van der Waals surface area (Å²) in [7, 11) is 0. The third-order valence-corrected chi connectivity index (χ3v) is 20.2. The molecule has 0 saturated heterocycles. The van der Waals surface area contributed by atoms with Gasteiger partial charge in [-0.1, -0.05) is 200 Å². The minimum absolute atomic E-state index is 0.642. The van der Waals surface area contributed by atoms with E-state index in [0.717, 1.165) is 138 Å². The number of hydrogen-bond donors (Lipinski definition) is 0. The molecule has 94 heavy (non-hydrogen) atoms. The molecule has 0 aliphatic heterocycles.